The molecule has 0 atom stereocenters. The molecule has 4 heteroatoms. The molecule has 4 nitrogen and oxygen atoms in total. The van der Waals surface area contributed by atoms with Crippen LogP contribution in [0.25, 0.3) is 0 Å². The summed E-state index contributed by atoms with van der Waals surface area (Å²) in [7, 11) is 0. The molecule has 0 aliphatic carbocycles. The fraction of sp³-hybridized carbons (Fsp3) is 0.333. The van der Waals surface area contributed by atoms with Crippen molar-refractivity contribution in [3.05, 3.63) is 48.5 Å². The van der Waals surface area contributed by atoms with Gasteiger partial charge in [0, 0.05) is 19.3 Å². The van der Waals surface area contributed by atoms with Gasteiger partial charge in [-0.15, -0.1) is 0 Å². The summed E-state index contributed by atoms with van der Waals surface area (Å²) in [5.74, 6) is 0. The Bertz CT molecular complexity index is 499. The molecule has 0 aliphatic rings. The van der Waals surface area contributed by atoms with Gasteiger partial charge in [0.15, 0.2) is 0 Å². The van der Waals surface area contributed by atoms with Crippen molar-refractivity contribution in [1.82, 2.24) is 9.97 Å². The highest BCUT2D eigenvalue weighted by atomic mass is 15.1. The molecule has 0 amide bonds. The average molecular weight is 256 g/mol. The fourth-order valence-electron chi connectivity index (χ4n) is 1.97. The first kappa shape index (κ1) is 13.3. The minimum Gasteiger partial charge on any atom is -0.384 e. The molecule has 2 rings (SSSR count). The van der Waals surface area contributed by atoms with Crippen LogP contribution in [0.4, 0.5) is 11.4 Å². The van der Waals surface area contributed by atoms with Gasteiger partial charge in [0.05, 0.1) is 36.0 Å². The van der Waals surface area contributed by atoms with Crippen molar-refractivity contribution in [2.75, 3.05) is 23.3 Å². The van der Waals surface area contributed by atoms with E-state index in [0.717, 1.165) is 36.7 Å². The van der Waals surface area contributed by atoms with Gasteiger partial charge in [-0.25, -0.2) is 0 Å². The topological polar surface area (TPSA) is 41.1 Å². The van der Waals surface area contributed by atoms with Crippen LogP contribution in [0.5, 0.6) is 0 Å². The van der Waals surface area contributed by atoms with Crippen LogP contribution in [0, 0.1) is 0 Å². The summed E-state index contributed by atoms with van der Waals surface area (Å²) in [5.41, 5.74) is 3.24. The lowest BCUT2D eigenvalue weighted by Crippen LogP contribution is -2.22. The Kier molecular flexibility index (Phi) is 4.72. The lowest BCUT2D eigenvalue weighted by atomic mass is 10.3. The maximum atomic E-state index is 4.37. The molecule has 0 saturated carbocycles. The molecule has 19 heavy (non-hydrogen) atoms. The van der Waals surface area contributed by atoms with Crippen LogP contribution in [-0.2, 0) is 6.54 Å². The molecule has 2 aromatic heterocycles. The third-order valence-electron chi connectivity index (χ3n) is 2.93. The minimum atomic E-state index is 0.800. The summed E-state index contributed by atoms with van der Waals surface area (Å²) < 4.78 is 0. The molecular formula is C15H20N4. The van der Waals surface area contributed by atoms with Crippen LogP contribution in [0.15, 0.2) is 42.9 Å². The van der Waals surface area contributed by atoms with Crippen molar-refractivity contribution >= 4 is 11.4 Å². The van der Waals surface area contributed by atoms with E-state index >= 15 is 0 Å². The molecule has 1 N–H and O–H groups in total. The van der Waals surface area contributed by atoms with Gasteiger partial charge < -0.3 is 10.2 Å². The number of hydrogen-bond acceptors (Lipinski definition) is 4. The first-order chi connectivity index (χ1) is 9.33. The van der Waals surface area contributed by atoms with E-state index in [1.165, 1.54) is 0 Å². The predicted molar refractivity (Wildman–Crippen MR) is 79.4 cm³/mol. The Balaban J connectivity index is 2.15. The lowest BCUT2D eigenvalue weighted by Gasteiger charge is -2.22. The quantitative estimate of drug-likeness (QED) is 0.862. The molecular weight excluding hydrogens is 236 g/mol. The molecule has 0 unspecified atom stereocenters. The number of anilines is 2. The maximum Gasteiger partial charge on any atom is 0.0602 e. The van der Waals surface area contributed by atoms with Crippen molar-refractivity contribution in [3.8, 4) is 0 Å². The summed E-state index contributed by atoms with van der Waals surface area (Å²) in [6, 6.07) is 8.13. The smallest absolute Gasteiger partial charge is 0.0602 e. The normalized spacial score (nSPS) is 10.2. The van der Waals surface area contributed by atoms with E-state index in [1.54, 1.807) is 0 Å². The standard InChI is InChI=1S/C15H20N4/c1-3-17-14-9-15(11-16-10-14)19(4-2)12-13-7-5-6-8-18-13/h5-11,17H,3-4,12H2,1-2H3. The van der Waals surface area contributed by atoms with Gasteiger partial charge >= 0.3 is 0 Å². The molecule has 0 radical (unpaired) electrons. The zero-order valence-electron chi connectivity index (χ0n) is 11.5. The lowest BCUT2D eigenvalue weighted by molar-refractivity contribution is 0.807. The van der Waals surface area contributed by atoms with Crippen molar-refractivity contribution in [2.24, 2.45) is 0 Å². The number of nitrogens with zero attached hydrogens (tertiary/aromatic N) is 3. The monoisotopic (exact) mass is 256 g/mol. The summed E-state index contributed by atoms with van der Waals surface area (Å²) in [6.45, 7) is 6.85. The largest absolute Gasteiger partial charge is 0.384 e. The van der Waals surface area contributed by atoms with E-state index in [0.29, 0.717) is 0 Å². The predicted octanol–water partition coefficient (Wildman–Crippen LogP) is 2.93. The average Bonchev–Trinajstić information content (AvgIpc) is 2.46. The summed E-state index contributed by atoms with van der Waals surface area (Å²) >= 11 is 0. The molecule has 100 valence electrons. The van der Waals surface area contributed by atoms with E-state index in [-0.39, 0.29) is 0 Å². The number of aromatic nitrogens is 2. The highest BCUT2D eigenvalue weighted by Gasteiger charge is 2.07. The van der Waals surface area contributed by atoms with Crippen LogP contribution in [0.2, 0.25) is 0 Å². The van der Waals surface area contributed by atoms with E-state index in [9.17, 15) is 0 Å². The van der Waals surface area contributed by atoms with Gasteiger partial charge in [0.2, 0.25) is 0 Å². The molecule has 0 aliphatic heterocycles. The van der Waals surface area contributed by atoms with Crippen LogP contribution in [0.1, 0.15) is 19.5 Å². The molecule has 0 saturated heterocycles. The number of rotatable bonds is 6. The zero-order chi connectivity index (χ0) is 13.5. The molecule has 2 aromatic rings. The highest BCUT2D eigenvalue weighted by Crippen LogP contribution is 2.19. The molecule has 0 spiro atoms. The van der Waals surface area contributed by atoms with Crippen molar-refractivity contribution in [1.29, 1.82) is 0 Å². The number of nitrogens with one attached hydrogen (secondary N) is 1. The molecule has 0 aromatic carbocycles. The Morgan fingerprint density at radius 3 is 2.79 bits per heavy atom. The van der Waals surface area contributed by atoms with Gasteiger partial charge in [0.1, 0.15) is 0 Å². The van der Waals surface area contributed by atoms with Gasteiger partial charge in [-0.3, -0.25) is 9.97 Å². The minimum absolute atomic E-state index is 0.800. The van der Waals surface area contributed by atoms with E-state index in [2.05, 4.69) is 40.1 Å². The van der Waals surface area contributed by atoms with E-state index in [1.807, 2.05) is 36.8 Å². The second-order valence-corrected chi connectivity index (χ2v) is 4.30. The Morgan fingerprint density at radius 2 is 2.11 bits per heavy atom. The van der Waals surface area contributed by atoms with Crippen molar-refractivity contribution < 1.29 is 0 Å². The summed E-state index contributed by atoms with van der Waals surface area (Å²) in [4.78, 5) is 10.9. The number of hydrogen-bond donors (Lipinski definition) is 1. The summed E-state index contributed by atoms with van der Waals surface area (Å²) in [5, 5.41) is 3.29. The van der Waals surface area contributed by atoms with Gasteiger partial charge in [-0.2, -0.15) is 0 Å². The third kappa shape index (κ3) is 3.68. The van der Waals surface area contributed by atoms with Crippen LogP contribution in [0.3, 0.4) is 0 Å². The Hall–Kier alpha value is -2.10. The maximum absolute atomic E-state index is 4.37. The van der Waals surface area contributed by atoms with E-state index < -0.39 is 0 Å². The third-order valence-corrected chi connectivity index (χ3v) is 2.93. The highest BCUT2D eigenvalue weighted by molar-refractivity contribution is 5.55. The van der Waals surface area contributed by atoms with E-state index in [4.69, 9.17) is 0 Å². The number of pyridine rings is 2. The second kappa shape index (κ2) is 6.73. The molecule has 0 fully saturated rings. The zero-order valence-corrected chi connectivity index (χ0v) is 11.5. The van der Waals surface area contributed by atoms with Crippen molar-refractivity contribution in [2.45, 2.75) is 20.4 Å². The summed E-state index contributed by atoms with van der Waals surface area (Å²) in [6.07, 6.45) is 5.57. The molecule has 0 bridgehead atoms. The van der Waals surface area contributed by atoms with Gasteiger partial charge in [0.25, 0.3) is 0 Å². The fourth-order valence-corrected chi connectivity index (χ4v) is 1.97. The Morgan fingerprint density at radius 1 is 1.21 bits per heavy atom. The van der Waals surface area contributed by atoms with Crippen LogP contribution in [-0.4, -0.2) is 23.1 Å². The SMILES string of the molecule is CCNc1cncc(N(CC)Cc2ccccn2)c1. The van der Waals surface area contributed by atoms with Gasteiger partial charge in [-0.1, -0.05) is 6.07 Å². The van der Waals surface area contributed by atoms with Crippen molar-refractivity contribution in [3.63, 3.8) is 0 Å². The van der Waals surface area contributed by atoms with Crippen LogP contribution < -0.4 is 10.2 Å². The van der Waals surface area contributed by atoms with Gasteiger partial charge in [-0.05, 0) is 32.0 Å². The van der Waals surface area contributed by atoms with Crippen LogP contribution >= 0.6 is 0 Å². The second-order valence-electron chi connectivity index (χ2n) is 4.30. The first-order valence-corrected chi connectivity index (χ1v) is 6.67. The Labute approximate surface area is 114 Å². The first-order valence-electron chi connectivity index (χ1n) is 6.67. The molecule has 2 heterocycles.